The van der Waals surface area contributed by atoms with E-state index in [1.54, 1.807) is 0 Å². The van der Waals surface area contributed by atoms with Crippen molar-refractivity contribution < 1.29 is 24.9 Å². The molecule has 0 saturated heterocycles. The molecule has 0 spiro atoms. The highest BCUT2D eigenvalue weighted by atomic mass is 16.3. The predicted molar refractivity (Wildman–Crippen MR) is 46.5 cm³/mol. The molecule has 79 valence electrons. The van der Waals surface area contributed by atoms with Gasteiger partial charge in [0.2, 0.25) is 0 Å². The highest BCUT2D eigenvalue weighted by molar-refractivity contribution is 4.43. The summed E-state index contributed by atoms with van der Waals surface area (Å²) in [5.41, 5.74) is 0. The number of rotatable bonds is 8. The van der Waals surface area contributed by atoms with Gasteiger partial charge < -0.3 is 19.8 Å². The van der Waals surface area contributed by atoms with Gasteiger partial charge in [-0.2, -0.15) is 0 Å². The zero-order valence-electron chi connectivity index (χ0n) is 7.85. The molecule has 13 heavy (non-hydrogen) atoms. The van der Waals surface area contributed by atoms with Gasteiger partial charge in [0.05, 0.1) is 19.8 Å². The smallest absolute Gasteiger partial charge is 0.131 e. The van der Waals surface area contributed by atoms with Crippen molar-refractivity contribution in [3.8, 4) is 0 Å². The highest BCUT2D eigenvalue weighted by Crippen LogP contribution is 2.04. The topological polar surface area (TPSA) is 80.6 Å². The Bertz CT molecular complexity index is 91.2. The first kappa shape index (κ1) is 12.8. The molecule has 0 unspecified atom stereocenters. The van der Waals surface area contributed by atoms with E-state index in [4.69, 9.17) is 15.3 Å². The number of quaternary nitrogens is 1. The fourth-order valence-electron chi connectivity index (χ4n) is 1.50. The molecule has 0 aromatic heterocycles. The fourth-order valence-corrected chi connectivity index (χ4v) is 1.50. The molecule has 0 aliphatic heterocycles. The molecule has 0 bridgehead atoms. The van der Waals surface area contributed by atoms with Gasteiger partial charge in [-0.05, 0) is 0 Å². The van der Waals surface area contributed by atoms with E-state index in [1.807, 2.05) is 0 Å². The van der Waals surface area contributed by atoms with E-state index in [0.29, 0.717) is 30.7 Å². The van der Waals surface area contributed by atoms with E-state index in [1.165, 1.54) is 0 Å². The largest absolute Gasteiger partial charge is 0.391 e. The summed E-state index contributed by atoms with van der Waals surface area (Å²) in [4.78, 5) is 0. The van der Waals surface area contributed by atoms with Crippen molar-refractivity contribution in [2.45, 2.75) is 0 Å². The van der Waals surface area contributed by atoms with Gasteiger partial charge in [-0.25, -0.2) is 5.11 Å². The molecule has 0 aromatic carbocycles. The number of nitrogens with zero attached hydrogens (tertiary/aromatic N) is 1. The van der Waals surface area contributed by atoms with Crippen LogP contribution in [0.15, 0.2) is 0 Å². The Morgan fingerprint density at radius 3 is 1.38 bits per heavy atom. The molecule has 0 aromatic rings. The van der Waals surface area contributed by atoms with Crippen molar-refractivity contribution in [1.82, 2.24) is 0 Å². The van der Waals surface area contributed by atoms with Gasteiger partial charge in [0, 0.05) is 0 Å². The van der Waals surface area contributed by atoms with E-state index >= 15 is 0 Å². The molecule has 0 amide bonds. The lowest BCUT2D eigenvalue weighted by molar-refractivity contribution is -0.929. The van der Waals surface area contributed by atoms with Crippen LogP contribution in [0, 0.1) is 0 Å². The maximum absolute atomic E-state index is 10.5. The van der Waals surface area contributed by atoms with E-state index in [-0.39, 0.29) is 26.4 Å². The summed E-state index contributed by atoms with van der Waals surface area (Å²) < 4.78 is 0.312. The highest BCUT2D eigenvalue weighted by Gasteiger charge is 2.25. The lowest BCUT2D eigenvalue weighted by Gasteiger charge is -2.36. The molecular weight excluding hydrogens is 174 g/mol. The number of hydrogen-bond acceptors (Lipinski definition) is 3. The van der Waals surface area contributed by atoms with Crippen LogP contribution < -0.4 is 0 Å². The fraction of sp³-hybridized carbons (Fsp3) is 1.00. The molecule has 0 heterocycles. The van der Waals surface area contributed by atoms with Crippen molar-refractivity contribution >= 4 is 0 Å². The second-order valence-corrected chi connectivity index (χ2v) is 3.11. The Kier molecular flexibility index (Phi) is 7.12. The van der Waals surface area contributed by atoms with Crippen molar-refractivity contribution in [1.29, 1.82) is 0 Å². The first-order valence-corrected chi connectivity index (χ1v) is 4.50. The van der Waals surface area contributed by atoms with Gasteiger partial charge in [0.15, 0.2) is 0 Å². The average Bonchev–Trinajstić information content (AvgIpc) is 2.06. The summed E-state index contributed by atoms with van der Waals surface area (Å²) in [6.07, 6.45) is 0. The van der Waals surface area contributed by atoms with Gasteiger partial charge >= 0.3 is 0 Å². The van der Waals surface area contributed by atoms with Crippen LogP contribution in [0.1, 0.15) is 0 Å². The number of aliphatic hydroxyl groups is 3. The first-order valence-electron chi connectivity index (χ1n) is 4.50. The second kappa shape index (κ2) is 7.23. The number of aliphatic hydroxyl groups excluding tert-OH is 3. The molecule has 5 heteroatoms. The van der Waals surface area contributed by atoms with E-state index in [0.717, 1.165) is 0 Å². The van der Waals surface area contributed by atoms with Gasteiger partial charge in [0.1, 0.15) is 32.8 Å². The summed E-state index contributed by atoms with van der Waals surface area (Å²) >= 11 is 0. The second-order valence-electron chi connectivity index (χ2n) is 3.11. The molecule has 0 rings (SSSR count). The summed E-state index contributed by atoms with van der Waals surface area (Å²) in [7, 11) is 0. The van der Waals surface area contributed by atoms with Crippen LogP contribution >= 0.6 is 0 Å². The van der Waals surface area contributed by atoms with Crippen molar-refractivity contribution in [3.63, 3.8) is 0 Å². The third kappa shape index (κ3) is 4.54. The van der Waals surface area contributed by atoms with Crippen LogP contribution in [0.5, 0.6) is 0 Å². The molecule has 0 aliphatic carbocycles. The summed E-state index contributed by atoms with van der Waals surface area (Å²) in [5.74, 6) is 0. The van der Waals surface area contributed by atoms with Crippen molar-refractivity contribution in [3.05, 3.63) is 0 Å². The van der Waals surface area contributed by atoms with Crippen molar-refractivity contribution in [2.24, 2.45) is 0 Å². The van der Waals surface area contributed by atoms with Gasteiger partial charge in [0.25, 0.3) is 0 Å². The first-order chi connectivity index (χ1) is 6.24. The van der Waals surface area contributed by atoms with Gasteiger partial charge in [-0.3, -0.25) is 0 Å². The minimum atomic E-state index is -0.250. The van der Waals surface area contributed by atoms with Gasteiger partial charge in [-0.1, -0.05) is 0 Å². The van der Waals surface area contributed by atoms with Crippen LogP contribution in [0.4, 0.5) is 0 Å². The van der Waals surface area contributed by atoms with E-state index in [9.17, 15) is 5.11 Å². The third-order valence-corrected chi connectivity index (χ3v) is 2.29. The molecular formula is C8H19NO4+. The van der Waals surface area contributed by atoms with Crippen LogP contribution in [0.2, 0.25) is 0 Å². The standard InChI is InChI=1S/C8H19NO4/c10-5-1-9(2-6-11,3-7-12)4-8-13/h10-12H,1-8H2/q+1. The SMILES string of the molecule is [O]CC[N+](CCO)(CCO)CCO. The Morgan fingerprint density at radius 2 is 1.15 bits per heavy atom. The Morgan fingerprint density at radius 1 is 0.769 bits per heavy atom. The minimum Gasteiger partial charge on any atom is -0.391 e. The van der Waals surface area contributed by atoms with Crippen molar-refractivity contribution in [2.75, 3.05) is 52.6 Å². The van der Waals surface area contributed by atoms with Crippen LogP contribution in [-0.4, -0.2) is 72.4 Å². The maximum atomic E-state index is 10.5. The minimum absolute atomic E-state index is 0.0278. The van der Waals surface area contributed by atoms with E-state index in [2.05, 4.69) is 0 Å². The van der Waals surface area contributed by atoms with Crippen LogP contribution in [-0.2, 0) is 5.11 Å². The van der Waals surface area contributed by atoms with E-state index < -0.39 is 0 Å². The maximum Gasteiger partial charge on any atom is 0.131 e. The summed E-state index contributed by atoms with van der Waals surface area (Å²) in [6, 6.07) is 0. The molecule has 3 N–H and O–H groups in total. The Hall–Kier alpha value is -0.200. The number of hydrogen-bond donors (Lipinski definition) is 3. The zero-order chi connectivity index (χ0) is 10.2. The third-order valence-electron chi connectivity index (χ3n) is 2.29. The molecule has 0 aliphatic rings. The summed E-state index contributed by atoms with van der Waals surface area (Å²) in [5, 5.41) is 36.9. The quantitative estimate of drug-likeness (QED) is 0.398. The molecule has 1 radical (unpaired) electrons. The molecule has 0 fully saturated rings. The molecule has 5 nitrogen and oxygen atoms in total. The molecule has 0 atom stereocenters. The normalized spacial score (nSPS) is 12.0. The van der Waals surface area contributed by atoms with Gasteiger partial charge in [-0.15, -0.1) is 0 Å². The lowest BCUT2D eigenvalue weighted by Crippen LogP contribution is -2.54. The lowest BCUT2D eigenvalue weighted by atomic mass is 10.3. The predicted octanol–water partition coefficient (Wildman–Crippen LogP) is -1.79. The van der Waals surface area contributed by atoms with Crippen LogP contribution in [0.25, 0.3) is 0 Å². The summed E-state index contributed by atoms with van der Waals surface area (Å²) in [6.45, 7) is 1.28. The Labute approximate surface area is 78.4 Å². The zero-order valence-corrected chi connectivity index (χ0v) is 7.85. The Balaban J connectivity index is 4.19. The van der Waals surface area contributed by atoms with Crippen LogP contribution in [0.3, 0.4) is 0 Å². The monoisotopic (exact) mass is 193 g/mol. The molecule has 0 saturated carbocycles. The average molecular weight is 193 g/mol.